The van der Waals surface area contributed by atoms with Gasteiger partial charge in [0, 0.05) is 0 Å². The van der Waals surface area contributed by atoms with Crippen LogP contribution in [-0.2, 0) is 0 Å². The molecule has 2 aliphatic rings. The Morgan fingerprint density at radius 3 is 1.50 bits per heavy atom. The molecule has 0 radical (unpaired) electrons. The van der Waals surface area contributed by atoms with Crippen LogP contribution < -0.4 is 11.7 Å². The van der Waals surface area contributed by atoms with Crippen LogP contribution in [0.25, 0.3) is 11.1 Å². The predicted octanol–water partition coefficient (Wildman–Crippen LogP) is 1.98. The minimum Gasteiger partial charge on any atom is -0.303 e. The molecule has 72 valence electrons. The van der Waals surface area contributed by atoms with Crippen LogP contribution in [0.4, 0.5) is 0 Å². The summed E-state index contributed by atoms with van der Waals surface area (Å²) in [4.78, 5) is 0. The lowest BCUT2D eigenvalue weighted by Crippen LogP contribution is -1.80. The third-order valence-electron chi connectivity index (χ3n) is 1.73. The fourth-order valence-electron chi connectivity index (χ4n) is 1.13. The standard InChI is InChI=1S/C10H8.H4N4/c1-2-5-9-7-4-8-10(9)6-3-1;1-3-4-2/h1-8H;(H2,1,4)(H2,2,3). The number of fused-ring (bicyclic) bond motifs is 1. The highest BCUT2D eigenvalue weighted by molar-refractivity contribution is 5.65. The van der Waals surface area contributed by atoms with Crippen molar-refractivity contribution in [2.24, 2.45) is 22.1 Å². The molecule has 4 N–H and O–H groups in total. The van der Waals surface area contributed by atoms with Gasteiger partial charge in [0.1, 0.15) is 0 Å². The normalized spacial score (nSPS) is 9.71. The van der Waals surface area contributed by atoms with Crippen LogP contribution in [0.3, 0.4) is 0 Å². The summed E-state index contributed by atoms with van der Waals surface area (Å²) in [6.07, 6.45) is 0. The molecular formula is C10H12N4. The smallest absolute Gasteiger partial charge is 0.0184 e. The van der Waals surface area contributed by atoms with Crippen LogP contribution in [0.15, 0.2) is 59.0 Å². The summed E-state index contributed by atoms with van der Waals surface area (Å²) < 4.78 is 0. The number of hydrogen-bond acceptors (Lipinski definition) is 2. The molecule has 0 saturated carbocycles. The van der Waals surface area contributed by atoms with E-state index in [2.05, 4.69) is 64.6 Å². The Labute approximate surface area is 82.5 Å². The van der Waals surface area contributed by atoms with Crippen molar-refractivity contribution < 1.29 is 0 Å². The summed E-state index contributed by atoms with van der Waals surface area (Å²) in [5, 5.41) is 5.28. The number of rotatable bonds is 0. The van der Waals surface area contributed by atoms with E-state index in [9.17, 15) is 0 Å². The van der Waals surface area contributed by atoms with Gasteiger partial charge in [-0.05, 0) is 11.1 Å². The van der Waals surface area contributed by atoms with Gasteiger partial charge in [-0.2, -0.15) is 0 Å². The molecule has 0 fully saturated rings. The van der Waals surface area contributed by atoms with Crippen molar-refractivity contribution in [1.82, 2.24) is 0 Å². The molecule has 2 aliphatic carbocycles. The lowest BCUT2D eigenvalue weighted by Gasteiger charge is -1.85. The quantitative estimate of drug-likeness (QED) is 0.376. The van der Waals surface area contributed by atoms with Crippen LogP contribution in [0.2, 0.25) is 0 Å². The van der Waals surface area contributed by atoms with E-state index >= 15 is 0 Å². The van der Waals surface area contributed by atoms with Crippen molar-refractivity contribution in [3.8, 4) is 11.1 Å². The van der Waals surface area contributed by atoms with Crippen molar-refractivity contribution in [3.63, 3.8) is 0 Å². The highest BCUT2D eigenvalue weighted by Crippen LogP contribution is 2.19. The first kappa shape index (κ1) is 9.98. The lowest BCUT2D eigenvalue weighted by atomic mass is 10.2. The Morgan fingerprint density at radius 1 is 0.643 bits per heavy atom. The molecule has 0 heterocycles. The maximum atomic E-state index is 4.36. The zero-order valence-corrected chi connectivity index (χ0v) is 7.67. The molecule has 0 aromatic carbocycles. The average Bonchev–Trinajstić information content (AvgIpc) is 2.56. The first-order valence-electron chi connectivity index (χ1n) is 4.12. The average molecular weight is 188 g/mol. The molecule has 0 spiro atoms. The van der Waals surface area contributed by atoms with Crippen molar-refractivity contribution in [3.05, 3.63) is 48.5 Å². The molecule has 0 aromatic heterocycles. The zero-order valence-electron chi connectivity index (χ0n) is 7.67. The lowest BCUT2D eigenvalue weighted by molar-refractivity contribution is 0.956. The van der Waals surface area contributed by atoms with Gasteiger partial charge in [-0.1, -0.05) is 59.0 Å². The third-order valence-corrected chi connectivity index (χ3v) is 1.73. The molecule has 0 amide bonds. The van der Waals surface area contributed by atoms with Crippen LogP contribution in [0.5, 0.6) is 0 Å². The Bertz CT molecular complexity index is 341. The zero-order chi connectivity index (χ0) is 10.2. The summed E-state index contributed by atoms with van der Waals surface area (Å²) in [6.45, 7) is 0. The van der Waals surface area contributed by atoms with Gasteiger partial charge in [0.05, 0.1) is 0 Å². The second-order valence-corrected chi connectivity index (χ2v) is 2.58. The van der Waals surface area contributed by atoms with E-state index in [-0.39, 0.29) is 0 Å². The summed E-state index contributed by atoms with van der Waals surface area (Å²) in [7, 11) is 0. The molecule has 4 heteroatoms. The minimum absolute atomic E-state index is 1.31. The summed E-state index contributed by atoms with van der Waals surface area (Å²) >= 11 is 0. The second-order valence-electron chi connectivity index (χ2n) is 2.58. The molecule has 0 aromatic rings. The monoisotopic (exact) mass is 188 g/mol. The van der Waals surface area contributed by atoms with Gasteiger partial charge in [0.25, 0.3) is 0 Å². The molecule has 0 atom stereocenters. The first-order valence-corrected chi connectivity index (χ1v) is 4.12. The highest BCUT2D eigenvalue weighted by Gasteiger charge is 1.94. The Kier molecular flexibility index (Phi) is 3.94. The first-order chi connectivity index (χ1) is 6.88. The molecule has 0 saturated heterocycles. The van der Waals surface area contributed by atoms with Gasteiger partial charge >= 0.3 is 0 Å². The molecule has 14 heavy (non-hydrogen) atoms. The van der Waals surface area contributed by atoms with Crippen molar-refractivity contribution in [2.45, 2.75) is 0 Å². The number of nitrogens with two attached hydrogens (primary N) is 2. The van der Waals surface area contributed by atoms with Gasteiger partial charge < -0.3 is 11.7 Å². The predicted molar refractivity (Wildman–Crippen MR) is 56.3 cm³/mol. The fraction of sp³-hybridized carbons (Fsp3) is 0. The van der Waals surface area contributed by atoms with Gasteiger partial charge in [-0.25, -0.2) is 0 Å². The molecule has 0 bridgehead atoms. The van der Waals surface area contributed by atoms with Crippen LogP contribution >= 0.6 is 0 Å². The van der Waals surface area contributed by atoms with E-state index in [0.29, 0.717) is 0 Å². The van der Waals surface area contributed by atoms with E-state index in [1.807, 2.05) is 6.07 Å². The summed E-state index contributed by atoms with van der Waals surface area (Å²) in [5.41, 5.74) is 2.62. The van der Waals surface area contributed by atoms with Gasteiger partial charge in [-0.15, -0.1) is 0 Å². The van der Waals surface area contributed by atoms with Gasteiger partial charge in [0.2, 0.25) is 0 Å². The van der Waals surface area contributed by atoms with Gasteiger partial charge in [-0.3, -0.25) is 0 Å². The summed E-state index contributed by atoms with van der Waals surface area (Å²) in [6, 6.07) is 16.7. The third kappa shape index (κ3) is 2.75. The van der Waals surface area contributed by atoms with Gasteiger partial charge in [0.15, 0.2) is 0 Å². The topological polar surface area (TPSA) is 76.8 Å². The molecule has 0 aliphatic heterocycles. The fourth-order valence-corrected chi connectivity index (χ4v) is 1.13. The minimum atomic E-state index is 1.31. The Hall–Kier alpha value is -2.10. The van der Waals surface area contributed by atoms with Crippen molar-refractivity contribution >= 4 is 0 Å². The van der Waals surface area contributed by atoms with Crippen molar-refractivity contribution in [2.75, 3.05) is 0 Å². The Morgan fingerprint density at radius 2 is 1.07 bits per heavy atom. The molecule has 4 nitrogen and oxygen atoms in total. The van der Waals surface area contributed by atoms with Crippen LogP contribution in [0, 0.1) is 0 Å². The SMILES string of the molecule is NN=NN.c1ccc2cccc-2cc1. The van der Waals surface area contributed by atoms with E-state index in [4.69, 9.17) is 0 Å². The maximum Gasteiger partial charge on any atom is -0.0184 e. The van der Waals surface area contributed by atoms with Crippen LogP contribution in [-0.4, -0.2) is 0 Å². The van der Waals surface area contributed by atoms with Crippen LogP contribution in [0.1, 0.15) is 0 Å². The van der Waals surface area contributed by atoms with E-state index < -0.39 is 0 Å². The van der Waals surface area contributed by atoms with Crippen molar-refractivity contribution in [1.29, 1.82) is 0 Å². The number of nitrogens with zero attached hydrogens (tertiary/aromatic N) is 2. The second kappa shape index (κ2) is 5.53. The largest absolute Gasteiger partial charge is 0.303 e. The van der Waals surface area contributed by atoms with E-state index in [1.165, 1.54) is 11.1 Å². The molecule has 2 rings (SSSR count). The number of hydrogen-bond donors (Lipinski definition) is 2. The van der Waals surface area contributed by atoms with E-state index in [1.54, 1.807) is 0 Å². The highest BCUT2D eigenvalue weighted by atomic mass is 15.4. The van der Waals surface area contributed by atoms with E-state index in [0.717, 1.165) is 0 Å². The Balaban J connectivity index is 0.000000213. The maximum absolute atomic E-state index is 4.36. The molecular weight excluding hydrogens is 176 g/mol. The summed E-state index contributed by atoms with van der Waals surface area (Å²) in [5.74, 6) is 8.72. The molecule has 0 unspecified atom stereocenters.